The predicted molar refractivity (Wildman–Crippen MR) is 88.8 cm³/mol. The van der Waals surface area contributed by atoms with E-state index in [2.05, 4.69) is 20.5 Å². The molecule has 0 saturated carbocycles. The quantitative estimate of drug-likeness (QED) is 0.536. The Morgan fingerprint density at radius 2 is 2.13 bits per heavy atom. The summed E-state index contributed by atoms with van der Waals surface area (Å²) in [6, 6.07) is 13.6. The zero-order valence-electron chi connectivity index (χ0n) is 12.1. The van der Waals surface area contributed by atoms with Gasteiger partial charge in [-0.05, 0) is 23.8 Å². The van der Waals surface area contributed by atoms with Gasteiger partial charge in [-0.1, -0.05) is 42.1 Å². The number of anilines is 1. The summed E-state index contributed by atoms with van der Waals surface area (Å²) in [5.41, 5.74) is 1.19. The van der Waals surface area contributed by atoms with E-state index in [1.54, 1.807) is 24.5 Å². The van der Waals surface area contributed by atoms with Crippen molar-refractivity contribution in [3.63, 3.8) is 0 Å². The summed E-state index contributed by atoms with van der Waals surface area (Å²) in [7, 11) is 0. The molecule has 23 heavy (non-hydrogen) atoms. The van der Waals surface area contributed by atoms with Gasteiger partial charge in [0.1, 0.15) is 5.76 Å². The zero-order valence-corrected chi connectivity index (χ0v) is 12.9. The van der Waals surface area contributed by atoms with Crippen LogP contribution in [0.4, 0.5) is 5.95 Å². The Kier molecular flexibility index (Phi) is 4.90. The van der Waals surface area contributed by atoms with Gasteiger partial charge in [0.15, 0.2) is 0 Å². The van der Waals surface area contributed by atoms with Gasteiger partial charge in [0.2, 0.25) is 11.1 Å². The molecule has 0 aliphatic carbocycles. The third-order valence-corrected chi connectivity index (χ3v) is 3.78. The molecule has 2 heterocycles. The maximum absolute atomic E-state index is 11.8. The summed E-state index contributed by atoms with van der Waals surface area (Å²) in [5.74, 6) is 1.38. The number of H-pyrrole nitrogens is 1. The molecule has 0 fully saturated rings. The lowest BCUT2D eigenvalue weighted by molar-refractivity contribution is -0.111. The minimum Gasteiger partial charge on any atom is -0.465 e. The second-order valence-electron chi connectivity index (χ2n) is 4.58. The number of nitrogens with one attached hydrogen (secondary N) is 2. The molecule has 2 N–H and O–H groups in total. The third kappa shape index (κ3) is 4.58. The largest absolute Gasteiger partial charge is 0.465 e. The lowest BCUT2D eigenvalue weighted by Gasteiger charge is -1.97. The molecule has 0 spiro atoms. The molecule has 3 aromatic rings. The van der Waals surface area contributed by atoms with Gasteiger partial charge in [0.05, 0.1) is 6.26 Å². The highest BCUT2D eigenvalue weighted by Crippen LogP contribution is 2.19. The Morgan fingerprint density at radius 1 is 1.26 bits per heavy atom. The number of nitrogens with zero attached hydrogens (tertiary/aromatic N) is 2. The second kappa shape index (κ2) is 7.46. The summed E-state index contributed by atoms with van der Waals surface area (Å²) in [5, 5.41) is 9.95. The van der Waals surface area contributed by atoms with Crippen LogP contribution in [0.2, 0.25) is 0 Å². The van der Waals surface area contributed by atoms with Crippen molar-refractivity contribution in [3.8, 4) is 0 Å². The number of rotatable bonds is 6. The van der Waals surface area contributed by atoms with Crippen LogP contribution in [0.5, 0.6) is 0 Å². The van der Waals surface area contributed by atoms with E-state index in [0.717, 1.165) is 5.75 Å². The van der Waals surface area contributed by atoms with Crippen LogP contribution >= 0.6 is 11.8 Å². The van der Waals surface area contributed by atoms with Gasteiger partial charge < -0.3 is 4.42 Å². The van der Waals surface area contributed by atoms with Crippen LogP contribution < -0.4 is 5.32 Å². The molecule has 6 nitrogen and oxygen atoms in total. The van der Waals surface area contributed by atoms with E-state index in [1.165, 1.54) is 23.4 Å². The summed E-state index contributed by atoms with van der Waals surface area (Å²) in [6.07, 6.45) is 4.50. The molecule has 0 radical (unpaired) electrons. The van der Waals surface area contributed by atoms with E-state index < -0.39 is 0 Å². The molecule has 0 saturated heterocycles. The van der Waals surface area contributed by atoms with E-state index in [1.807, 2.05) is 30.3 Å². The van der Waals surface area contributed by atoms with E-state index >= 15 is 0 Å². The van der Waals surface area contributed by atoms with Crippen molar-refractivity contribution < 1.29 is 9.21 Å². The predicted octanol–water partition coefficient (Wildman–Crippen LogP) is 3.34. The van der Waals surface area contributed by atoms with Gasteiger partial charge in [-0.25, -0.2) is 5.10 Å². The first-order valence-corrected chi connectivity index (χ1v) is 7.90. The number of carbonyl (C=O) groups is 1. The Labute approximate surface area is 137 Å². The number of carbonyl (C=O) groups excluding carboxylic acids is 1. The molecule has 0 atom stereocenters. The minimum absolute atomic E-state index is 0.308. The van der Waals surface area contributed by atoms with Crippen molar-refractivity contribution in [2.75, 3.05) is 5.32 Å². The van der Waals surface area contributed by atoms with Crippen LogP contribution in [-0.2, 0) is 10.5 Å². The van der Waals surface area contributed by atoms with Crippen LogP contribution in [0.25, 0.3) is 6.08 Å². The third-order valence-electron chi connectivity index (χ3n) is 2.86. The van der Waals surface area contributed by atoms with E-state index in [9.17, 15) is 4.79 Å². The first-order valence-electron chi connectivity index (χ1n) is 6.91. The molecule has 7 heteroatoms. The smallest absolute Gasteiger partial charge is 0.250 e. The van der Waals surface area contributed by atoms with Crippen molar-refractivity contribution in [1.82, 2.24) is 15.2 Å². The fourth-order valence-electron chi connectivity index (χ4n) is 1.79. The van der Waals surface area contributed by atoms with Gasteiger partial charge in [-0.3, -0.25) is 10.1 Å². The maximum Gasteiger partial charge on any atom is 0.250 e. The average Bonchev–Trinajstić information content (AvgIpc) is 3.24. The van der Waals surface area contributed by atoms with Crippen LogP contribution in [0.15, 0.2) is 64.4 Å². The molecule has 0 unspecified atom stereocenters. The van der Waals surface area contributed by atoms with Crippen LogP contribution in [-0.4, -0.2) is 21.1 Å². The molecule has 116 valence electrons. The summed E-state index contributed by atoms with van der Waals surface area (Å²) < 4.78 is 5.11. The summed E-state index contributed by atoms with van der Waals surface area (Å²) in [6.45, 7) is 0. The number of thioether (sulfide) groups is 1. The number of hydrogen-bond donors (Lipinski definition) is 2. The highest BCUT2D eigenvalue weighted by Gasteiger charge is 2.06. The van der Waals surface area contributed by atoms with Crippen molar-refractivity contribution in [2.24, 2.45) is 0 Å². The first-order chi connectivity index (χ1) is 11.3. The van der Waals surface area contributed by atoms with Crippen molar-refractivity contribution in [2.45, 2.75) is 10.9 Å². The lowest BCUT2D eigenvalue weighted by atomic mass is 10.2. The highest BCUT2D eigenvalue weighted by atomic mass is 32.2. The Hall–Kier alpha value is -2.80. The molecule has 0 bridgehead atoms. The first kappa shape index (κ1) is 15.1. The molecular weight excluding hydrogens is 312 g/mol. The van der Waals surface area contributed by atoms with Gasteiger partial charge >= 0.3 is 0 Å². The van der Waals surface area contributed by atoms with Crippen molar-refractivity contribution in [3.05, 3.63) is 66.1 Å². The lowest BCUT2D eigenvalue weighted by Crippen LogP contribution is -2.08. The molecule has 3 rings (SSSR count). The molecule has 1 amide bonds. The normalized spacial score (nSPS) is 11.0. The number of aromatic nitrogens is 3. The number of benzene rings is 1. The van der Waals surface area contributed by atoms with Crippen molar-refractivity contribution >= 4 is 29.7 Å². The van der Waals surface area contributed by atoms with E-state index in [-0.39, 0.29) is 5.91 Å². The summed E-state index contributed by atoms with van der Waals surface area (Å²) >= 11 is 1.50. The fourth-order valence-corrected chi connectivity index (χ4v) is 2.55. The fraction of sp³-hybridized carbons (Fsp3) is 0.0625. The van der Waals surface area contributed by atoms with Gasteiger partial charge in [-0.2, -0.15) is 4.98 Å². The number of furan rings is 1. The topological polar surface area (TPSA) is 83.8 Å². The van der Waals surface area contributed by atoms with Crippen LogP contribution in [0.3, 0.4) is 0 Å². The van der Waals surface area contributed by atoms with Gasteiger partial charge in [-0.15, -0.1) is 5.10 Å². The zero-order chi connectivity index (χ0) is 15.9. The molecule has 1 aromatic carbocycles. The number of amides is 1. The summed E-state index contributed by atoms with van der Waals surface area (Å²) in [4.78, 5) is 16.0. The maximum atomic E-state index is 11.8. The second-order valence-corrected chi connectivity index (χ2v) is 5.52. The van der Waals surface area contributed by atoms with Gasteiger partial charge in [0.25, 0.3) is 5.91 Å². The monoisotopic (exact) mass is 326 g/mol. The molecule has 0 aliphatic rings. The standard InChI is InChI=1S/C16H14N4O2S/c21-14(9-8-13-7-4-10-22-13)17-15-18-16(20-19-15)23-11-12-5-2-1-3-6-12/h1-10H,11H2,(H2,17,18,19,20,21). The Bertz CT molecular complexity index is 782. The van der Waals surface area contributed by atoms with E-state index in [4.69, 9.17) is 4.42 Å². The number of hydrogen-bond acceptors (Lipinski definition) is 5. The number of aromatic amines is 1. The SMILES string of the molecule is O=C(C=Cc1ccco1)Nc1nc(SCc2ccccc2)n[nH]1. The van der Waals surface area contributed by atoms with Crippen LogP contribution in [0, 0.1) is 0 Å². The Morgan fingerprint density at radius 3 is 2.91 bits per heavy atom. The van der Waals surface area contributed by atoms with E-state index in [0.29, 0.717) is 16.9 Å². The minimum atomic E-state index is -0.308. The molecular formula is C16H14N4O2S. The van der Waals surface area contributed by atoms with Crippen LogP contribution in [0.1, 0.15) is 11.3 Å². The van der Waals surface area contributed by atoms with Crippen molar-refractivity contribution in [1.29, 1.82) is 0 Å². The van der Waals surface area contributed by atoms with Gasteiger partial charge in [0, 0.05) is 11.8 Å². The molecule has 0 aliphatic heterocycles. The highest BCUT2D eigenvalue weighted by molar-refractivity contribution is 7.98. The average molecular weight is 326 g/mol. The molecule has 2 aromatic heterocycles. The Balaban J connectivity index is 1.51.